The molecule has 22 heavy (non-hydrogen) atoms. The Morgan fingerprint density at radius 1 is 1.05 bits per heavy atom. The summed E-state index contributed by atoms with van der Waals surface area (Å²) in [7, 11) is 0. The molecule has 0 aromatic heterocycles. The molecular formula is C16H11Cl2N3O. The lowest BCUT2D eigenvalue weighted by molar-refractivity contribution is 0.394. The SMILES string of the molecule is N#CC1=C(N)Oc2cc(N)ccc2[C@H]1c1ccc(Cl)cc1Cl. The van der Waals surface area contributed by atoms with Crippen LogP contribution < -0.4 is 16.2 Å². The van der Waals surface area contributed by atoms with E-state index in [2.05, 4.69) is 6.07 Å². The molecule has 0 saturated carbocycles. The fourth-order valence-corrected chi connectivity index (χ4v) is 3.04. The Labute approximate surface area is 137 Å². The van der Waals surface area contributed by atoms with E-state index in [1.54, 1.807) is 30.3 Å². The fraction of sp³-hybridized carbons (Fsp3) is 0.0625. The minimum absolute atomic E-state index is 0.0524. The number of ether oxygens (including phenoxy) is 1. The van der Waals surface area contributed by atoms with Crippen LogP contribution in [0.3, 0.4) is 0 Å². The first-order valence-corrected chi connectivity index (χ1v) is 7.19. The van der Waals surface area contributed by atoms with Crippen molar-refractivity contribution < 1.29 is 4.74 Å². The van der Waals surface area contributed by atoms with Crippen molar-refractivity contribution in [2.45, 2.75) is 5.92 Å². The summed E-state index contributed by atoms with van der Waals surface area (Å²) in [6.45, 7) is 0. The predicted octanol–water partition coefficient (Wildman–Crippen LogP) is 3.79. The third kappa shape index (κ3) is 2.35. The maximum atomic E-state index is 9.46. The topological polar surface area (TPSA) is 85.1 Å². The van der Waals surface area contributed by atoms with Crippen LogP contribution in [0.25, 0.3) is 0 Å². The Bertz CT molecular complexity index is 840. The van der Waals surface area contributed by atoms with Gasteiger partial charge in [0.25, 0.3) is 0 Å². The molecule has 0 saturated heterocycles. The second kappa shape index (κ2) is 5.45. The number of nitrogens with zero attached hydrogens (tertiary/aromatic N) is 1. The standard InChI is InChI=1S/C16H11Cl2N3O/c17-8-1-3-10(13(18)5-8)15-11-4-2-9(20)6-14(11)22-16(21)12(15)7-19/h1-6,15H,20-21H2/t15-/m1/s1. The number of nitrogens with two attached hydrogens (primary N) is 2. The number of benzene rings is 2. The molecule has 0 spiro atoms. The molecule has 0 aliphatic carbocycles. The highest BCUT2D eigenvalue weighted by Gasteiger charge is 2.31. The zero-order chi connectivity index (χ0) is 15.9. The van der Waals surface area contributed by atoms with Gasteiger partial charge >= 0.3 is 0 Å². The van der Waals surface area contributed by atoms with E-state index in [9.17, 15) is 5.26 Å². The van der Waals surface area contributed by atoms with Crippen molar-refractivity contribution in [3.63, 3.8) is 0 Å². The lowest BCUT2D eigenvalue weighted by Gasteiger charge is -2.27. The highest BCUT2D eigenvalue weighted by Crippen LogP contribution is 2.44. The minimum atomic E-state index is -0.417. The van der Waals surface area contributed by atoms with Crippen molar-refractivity contribution in [1.29, 1.82) is 5.26 Å². The number of allylic oxidation sites excluding steroid dienone is 1. The molecular weight excluding hydrogens is 321 g/mol. The summed E-state index contributed by atoms with van der Waals surface area (Å²) in [5, 5.41) is 10.4. The number of nitrogen functional groups attached to an aromatic ring is 1. The summed E-state index contributed by atoms with van der Waals surface area (Å²) in [6, 6.07) is 12.5. The highest BCUT2D eigenvalue weighted by atomic mass is 35.5. The van der Waals surface area contributed by atoms with Crippen LogP contribution in [0.15, 0.2) is 47.9 Å². The average molecular weight is 332 g/mol. The molecule has 110 valence electrons. The molecule has 4 N–H and O–H groups in total. The Morgan fingerprint density at radius 3 is 2.45 bits per heavy atom. The average Bonchev–Trinajstić information content (AvgIpc) is 2.46. The first-order valence-electron chi connectivity index (χ1n) is 6.43. The molecule has 3 rings (SSSR count). The van der Waals surface area contributed by atoms with Crippen molar-refractivity contribution in [2.24, 2.45) is 5.73 Å². The lowest BCUT2D eigenvalue weighted by atomic mass is 9.83. The summed E-state index contributed by atoms with van der Waals surface area (Å²) < 4.78 is 5.52. The zero-order valence-electron chi connectivity index (χ0n) is 11.3. The molecule has 4 nitrogen and oxygen atoms in total. The number of anilines is 1. The summed E-state index contributed by atoms with van der Waals surface area (Å²) in [6.07, 6.45) is 0. The van der Waals surface area contributed by atoms with Crippen LogP contribution in [0, 0.1) is 11.3 Å². The van der Waals surface area contributed by atoms with E-state index in [-0.39, 0.29) is 5.88 Å². The quantitative estimate of drug-likeness (QED) is 0.778. The van der Waals surface area contributed by atoms with E-state index in [4.69, 9.17) is 39.4 Å². The largest absolute Gasteiger partial charge is 0.440 e. The van der Waals surface area contributed by atoms with Crippen molar-refractivity contribution in [3.8, 4) is 11.8 Å². The van der Waals surface area contributed by atoms with Gasteiger partial charge in [0.1, 0.15) is 17.4 Å². The molecule has 1 aliphatic rings. The number of nitriles is 1. The van der Waals surface area contributed by atoms with Crippen molar-refractivity contribution in [1.82, 2.24) is 0 Å². The molecule has 0 fully saturated rings. The maximum absolute atomic E-state index is 9.46. The number of fused-ring (bicyclic) bond motifs is 1. The number of rotatable bonds is 1. The molecule has 1 aliphatic heterocycles. The first-order chi connectivity index (χ1) is 10.5. The van der Waals surface area contributed by atoms with Gasteiger partial charge in [-0.15, -0.1) is 0 Å². The highest BCUT2D eigenvalue weighted by molar-refractivity contribution is 6.35. The summed E-state index contributed by atoms with van der Waals surface area (Å²) in [5.41, 5.74) is 14.0. The van der Waals surface area contributed by atoms with E-state index >= 15 is 0 Å². The number of hydrogen-bond acceptors (Lipinski definition) is 4. The maximum Gasteiger partial charge on any atom is 0.205 e. The van der Waals surface area contributed by atoms with E-state index < -0.39 is 5.92 Å². The van der Waals surface area contributed by atoms with Crippen LogP contribution in [-0.4, -0.2) is 0 Å². The van der Waals surface area contributed by atoms with E-state index in [1.807, 2.05) is 6.07 Å². The van der Waals surface area contributed by atoms with E-state index in [1.165, 1.54) is 0 Å². The Kier molecular flexibility index (Phi) is 3.61. The monoisotopic (exact) mass is 331 g/mol. The van der Waals surface area contributed by atoms with E-state index in [0.717, 1.165) is 11.1 Å². The molecule has 0 amide bonds. The normalized spacial score (nSPS) is 16.7. The summed E-state index contributed by atoms with van der Waals surface area (Å²) in [4.78, 5) is 0. The molecule has 2 aromatic rings. The van der Waals surface area contributed by atoms with Crippen LogP contribution >= 0.6 is 23.2 Å². The second-order valence-electron chi connectivity index (χ2n) is 4.89. The van der Waals surface area contributed by atoms with Gasteiger partial charge in [-0.3, -0.25) is 0 Å². The van der Waals surface area contributed by atoms with Crippen molar-refractivity contribution in [3.05, 3.63) is 69.0 Å². The van der Waals surface area contributed by atoms with Crippen molar-refractivity contribution >= 4 is 28.9 Å². The van der Waals surface area contributed by atoms with Crippen molar-refractivity contribution in [2.75, 3.05) is 5.73 Å². The van der Waals surface area contributed by atoms with Gasteiger partial charge < -0.3 is 16.2 Å². The van der Waals surface area contributed by atoms with Crippen LogP contribution in [-0.2, 0) is 0 Å². The van der Waals surface area contributed by atoms with Gasteiger partial charge in [0.15, 0.2) is 0 Å². The van der Waals surface area contributed by atoms with E-state index in [0.29, 0.717) is 27.1 Å². The van der Waals surface area contributed by atoms with Crippen LogP contribution in [0.5, 0.6) is 5.75 Å². The fourth-order valence-electron chi connectivity index (χ4n) is 2.53. The second-order valence-corrected chi connectivity index (χ2v) is 5.73. The smallest absolute Gasteiger partial charge is 0.205 e. The van der Waals surface area contributed by atoms with Gasteiger partial charge in [0.2, 0.25) is 5.88 Å². The minimum Gasteiger partial charge on any atom is -0.440 e. The van der Waals surface area contributed by atoms with Gasteiger partial charge in [0.05, 0.1) is 5.92 Å². The lowest BCUT2D eigenvalue weighted by Crippen LogP contribution is -2.21. The Morgan fingerprint density at radius 2 is 1.77 bits per heavy atom. The molecule has 6 heteroatoms. The Balaban J connectivity index is 2.26. The number of halogens is 2. The van der Waals surface area contributed by atoms with Gasteiger partial charge in [-0.1, -0.05) is 35.3 Å². The molecule has 1 atom stereocenters. The predicted molar refractivity (Wildman–Crippen MR) is 86.6 cm³/mol. The van der Waals surface area contributed by atoms with Crippen LogP contribution in [0.1, 0.15) is 17.0 Å². The number of hydrogen-bond donors (Lipinski definition) is 2. The third-order valence-corrected chi connectivity index (χ3v) is 4.08. The van der Waals surface area contributed by atoms with Gasteiger partial charge in [0, 0.05) is 27.4 Å². The molecule has 1 heterocycles. The molecule has 0 bridgehead atoms. The molecule has 2 aromatic carbocycles. The van der Waals surface area contributed by atoms with Crippen LogP contribution in [0.4, 0.5) is 5.69 Å². The van der Waals surface area contributed by atoms with Gasteiger partial charge in [-0.05, 0) is 23.8 Å². The van der Waals surface area contributed by atoms with Gasteiger partial charge in [-0.25, -0.2) is 0 Å². The zero-order valence-corrected chi connectivity index (χ0v) is 12.8. The molecule has 0 radical (unpaired) electrons. The van der Waals surface area contributed by atoms with Gasteiger partial charge in [-0.2, -0.15) is 5.26 Å². The third-order valence-electron chi connectivity index (χ3n) is 3.52. The summed E-state index contributed by atoms with van der Waals surface area (Å²) >= 11 is 12.3. The van der Waals surface area contributed by atoms with Crippen LogP contribution in [0.2, 0.25) is 10.0 Å². The summed E-state index contributed by atoms with van der Waals surface area (Å²) in [5.74, 6) is 0.156. The Hall–Kier alpha value is -2.35. The first kappa shape index (κ1) is 14.6. The molecule has 0 unspecified atom stereocenters.